The number of hydrogen-bond donors (Lipinski definition) is 1. The Morgan fingerprint density at radius 1 is 1.05 bits per heavy atom. The Bertz CT molecular complexity index is 609. The molecular formula is C19H22O. The molecule has 1 nitrogen and oxygen atoms in total. The number of benzene rings is 2. The van der Waals surface area contributed by atoms with E-state index < -0.39 is 5.60 Å². The molecule has 2 aromatic rings. The Balaban J connectivity index is 1.97. The molecule has 1 atom stereocenters. The van der Waals surface area contributed by atoms with Gasteiger partial charge in [-0.15, -0.1) is 0 Å². The minimum atomic E-state index is -0.699. The molecule has 0 bridgehead atoms. The lowest BCUT2D eigenvalue weighted by Gasteiger charge is -2.35. The van der Waals surface area contributed by atoms with Gasteiger partial charge in [0.15, 0.2) is 0 Å². The van der Waals surface area contributed by atoms with E-state index in [-0.39, 0.29) is 0 Å². The highest BCUT2D eigenvalue weighted by Gasteiger charge is 2.34. The molecule has 1 N–H and O–H groups in total. The fourth-order valence-electron chi connectivity index (χ4n) is 3.59. The SMILES string of the molecule is Cc1cc(C)cc(CC2(O)CCCc3ccccc32)c1. The second-order valence-corrected chi connectivity index (χ2v) is 6.22. The van der Waals surface area contributed by atoms with Crippen LogP contribution >= 0.6 is 0 Å². The van der Waals surface area contributed by atoms with Crippen LogP contribution in [0.25, 0.3) is 0 Å². The summed E-state index contributed by atoms with van der Waals surface area (Å²) in [7, 11) is 0. The molecule has 2 aromatic carbocycles. The van der Waals surface area contributed by atoms with Crippen LogP contribution in [0.1, 0.15) is 40.7 Å². The van der Waals surface area contributed by atoms with Crippen LogP contribution in [-0.2, 0) is 18.4 Å². The van der Waals surface area contributed by atoms with E-state index in [0.29, 0.717) is 6.42 Å². The van der Waals surface area contributed by atoms with Crippen molar-refractivity contribution in [3.05, 3.63) is 70.3 Å². The lowest BCUT2D eigenvalue weighted by molar-refractivity contribution is 0.0190. The van der Waals surface area contributed by atoms with Gasteiger partial charge < -0.3 is 5.11 Å². The molecule has 0 radical (unpaired) electrons. The Morgan fingerprint density at radius 3 is 2.50 bits per heavy atom. The van der Waals surface area contributed by atoms with Crippen LogP contribution in [0.4, 0.5) is 0 Å². The van der Waals surface area contributed by atoms with Crippen LogP contribution in [0, 0.1) is 13.8 Å². The molecule has 0 aromatic heterocycles. The van der Waals surface area contributed by atoms with Gasteiger partial charge in [-0.05, 0) is 49.8 Å². The van der Waals surface area contributed by atoms with Crippen molar-refractivity contribution in [1.82, 2.24) is 0 Å². The summed E-state index contributed by atoms with van der Waals surface area (Å²) in [4.78, 5) is 0. The summed E-state index contributed by atoms with van der Waals surface area (Å²) >= 11 is 0. The highest BCUT2D eigenvalue weighted by molar-refractivity contribution is 5.37. The summed E-state index contributed by atoms with van der Waals surface area (Å²) in [6, 6.07) is 14.9. The van der Waals surface area contributed by atoms with E-state index in [9.17, 15) is 5.11 Å². The predicted molar refractivity (Wildman–Crippen MR) is 82.9 cm³/mol. The molecule has 1 aliphatic carbocycles. The highest BCUT2D eigenvalue weighted by Crippen LogP contribution is 2.37. The lowest BCUT2D eigenvalue weighted by atomic mass is 9.75. The van der Waals surface area contributed by atoms with Crippen LogP contribution in [0.15, 0.2) is 42.5 Å². The number of fused-ring (bicyclic) bond motifs is 1. The second kappa shape index (κ2) is 5.06. The summed E-state index contributed by atoms with van der Waals surface area (Å²) in [5, 5.41) is 11.2. The normalized spacial score (nSPS) is 21.6. The molecule has 104 valence electrons. The largest absolute Gasteiger partial charge is 0.385 e. The molecule has 0 saturated heterocycles. The van der Waals surface area contributed by atoms with Crippen molar-refractivity contribution < 1.29 is 5.11 Å². The Hall–Kier alpha value is -1.60. The number of aryl methyl sites for hydroxylation is 3. The van der Waals surface area contributed by atoms with E-state index in [1.165, 1.54) is 22.3 Å². The van der Waals surface area contributed by atoms with Crippen molar-refractivity contribution >= 4 is 0 Å². The van der Waals surface area contributed by atoms with Crippen molar-refractivity contribution in [2.24, 2.45) is 0 Å². The molecule has 0 aliphatic heterocycles. The van der Waals surface area contributed by atoms with Crippen LogP contribution in [0.3, 0.4) is 0 Å². The molecule has 0 amide bonds. The maximum absolute atomic E-state index is 11.2. The zero-order chi connectivity index (χ0) is 14.2. The third kappa shape index (κ3) is 2.51. The van der Waals surface area contributed by atoms with Gasteiger partial charge in [-0.1, -0.05) is 53.6 Å². The van der Waals surface area contributed by atoms with Crippen molar-refractivity contribution in [1.29, 1.82) is 0 Å². The van der Waals surface area contributed by atoms with Gasteiger partial charge in [-0.2, -0.15) is 0 Å². The van der Waals surface area contributed by atoms with Crippen LogP contribution < -0.4 is 0 Å². The van der Waals surface area contributed by atoms with Gasteiger partial charge in [0.1, 0.15) is 0 Å². The third-order valence-corrected chi connectivity index (χ3v) is 4.33. The lowest BCUT2D eigenvalue weighted by Crippen LogP contribution is -2.33. The van der Waals surface area contributed by atoms with Crippen molar-refractivity contribution in [3.63, 3.8) is 0 Å². The first-order valence-corrected chi connectivity index (χ1v) is 7.45. The van der Waals surface area contributed by atoms with Crippen LogP contribution in [0.2, 0.25) is 0 Å². The first-order chi connectivity index (χ1) is 9.57. The monoisotopic (exact) mass is 266 g/mol. The smallest absolute Gasteiger partial charge is 0.0939 e. The average molecular weight is 266 g/mol. The molecule has 3 rings (SSSR count). The standard InChI is InChI=1S/C19H22O/c1-14-10-15(2)12-16(11-14)13-19(20)9-5-7-17-6-3-4-8-18(17)19/h3-4,6,8,10-12,20H,5,7,9,13H2,1-2H3. The average Bonchev–Trinajstić information content (AvgIpc) is 2.37. The van der Waals surface area contributed by atoms with E-state index in [4.69, 9.17) is 0 Å². The quantitative estimate of drug-likeness (QED) is 0.868. The zero-order valence-electron chi connectivity index (χ0n) is 12.3. The molecule has 0 spiro atoms. The van der Waals surface area contributed by atoms with Crippen molar-refractivity contribution in [2.45, 2.75) is 45.1 Å². The number of hydrogen-bond acceptors (Lipinski definition) is 1. The van der Waals surface area contributed by atoms with Gasteiger partial charge >= 0.3 is 0 Å². The highest BCUT2D eigenvalue weighted by atomic mass is 16.3. The van der Waals surface area contributed by atoms with E-state index >= 15 is 0 Å². The first kappa shape index (κ1) is 13.4. The van der Waals surface area contributed by atoms with Crippen molar-refractivity contribution in [2.75, 3.05) is 0 Å². The van der Waals surface area contributed by atoms with E-state index in [1.807, 2.05) is 6.07 Å². The van der Waals surface area contributed by atoms with Gasteiger partial charge in [-0.3, -0.25) is 0 Å². The zero-order valence-corrected chi connectivity index (χ0v) is 12.3. The summed E-state index contributed by atoms with van der Waals surface area (Å²) in [5.74, 6) is 0. The molecule has 0 heterocycles. The van der Waals surface area contributed by atoms with E-state index in [0.717, 1.165) is 24.8 Å². The molecule has 0 fully saturated rings. The fourth-order valence-corrected chi connectivity index (χ4v) is 3.59. The van der Waals surface area contributed by atoms with Crippen LogP contribution in [0.5, 0.6) is 0 Å². The Morgan fingerprint density at radius 2 is 1.75 bits per heavy atom. The van der Waals surface area contributed by atoms with Gasteiger partial charge in [0.05, 0.1) is 5.60 Å². The fraction of sp³-hybridized carbons (Fsp3) is 0.368. The molecular weight excluding hydrogens is 244 g/mol. The molecule has 20 heavy (non-hydrogen) atoms. The van der Waals surface area contributed by atoms with Crippen molar-refractivity contribution in [3.8, 4) is 0 Å². The van der Waals surface area contributed by atoms with Gasteiger partial charge in [0.25, 0.3) is 0 Å². The Kier molecular flexibility index (Phi) is 3.39. The molecule has 1 aliphatic rings. The molecule has 0 saturated carbocycles. The topological polar surface area (TPSA) is 20.2 Å². The van der Waals surface area contributed by atoms with Crippen LogP contribution in [-0.4, -0.2) is 5.11 Å². The van der Waals surface area contributed by atoms with Gasteiger partial charge in [0.2, 0.25) is 0 Å². The minimum absolute atomic E-state index is 0.699. The summed E-state index contributed by atoms with van der Waals surface area (Å²) in [6.07, 6.45) is 3.73. The maximum atomic E-state index is 11.2. The summed E-state index contributed by atoms with van der Waals surface area (Å²) < 4.78 is 0. The number of aliphatic hydroxyl groups is 1. The van der Waals surface area contributed by atoms with E-state index in [2.05, 4.69) is 50.2 Å². The van der Waals surface area contributed by atoms with Gasteiger partial charge in [-0.25, -0.2) is 0 Å². The molecule has 1 heteroatoms. The summed E-state index contributed by atoms with van der Waals surface area (Å²) in [5.41, 5.74) is 5.52. The first-order valence-electron chi connectivity index (χ1n) is 7.45. The van der Waals surface area contributed by atoms with E-state index in [1.54, 1.807) is 0 Å². The third-order valence-electron chi connectivity index (χ3n) is 4.33. The summed E-state index contributed by atoms with van der Waals surface area (Å²) in [6.45, 7) is 4.24. The van der Waals surface area contributed by atoms with Gasteiger partial charge in [0, 0.05) is 6.42 Å². The molecule has 1 unspecified atom stereocenters. The second-order valence-electron chi connectivity index (χ2n) is 6.22. The number of rotatable bonds is 2. The predicted octanol–water partition coefficient (Wildman–Crippen LogP) is 4.07. The Labute approximate surface area is 121 Å². The maximum Gasteiger partial charge on any atom is 0.0939 e. The minimum Gasteiger partial charge on any atom is -0.385 e.